The van der Waals surface area contributed by atoms with E-state index in [9.17, 15) is 0 Å². The minimum Gasteiger partial charge on any atom is -0.496 e. The molecule has 1 saturated heterocycles. The first-order valence-corrected chi connectivity index (χ1v) is 7.70. The number of benzene rings is 1. The molecule has 0 saturated carbocycles. The highest BCUT2D eigenvalue weighted by molar-refractivity contribution is 5.39. The highest BCUT2D eigenvalue weighted by Crippen LogP contribution is 2.36. The van der Waals surface area contributed by atoms with Crippen molar-refractivity contribution >= 4 is 0 Å². The number of nitrogens with two attached hydrogens (primary N) is 1. The summed E-state index contributed by atoms with van der Waals surface area (Å²) in [5.41, 5.74) is 8.56. The van der Waals surface area contributed by atoms with E-state index in [4.69, 9.17) is 10.5 Å². The van der Waals surface area contributed by atoms with Gasteiger partial charge in [-0.15, -0.1) is 0 Å². The fourth-order valence-corrected chi connectivity index (χ4v) is 3.59. The standard InChI is InChI=1S/C17H28N2O/c1-12-8-9-17(20-4)16(10-12)14(3)19-13(2)6-5-7-15(19)11-18/h8-10,13-15H,5-7,11,18H2,1-4H3. The van der Waals surface area contributed by atoms with Gasteiger partial charge in [0.25, 0.3) is 0 Å². The first kappa shape index (κ1) is 15.3. The Kier molecular flexibility index (Phi) is 5.06. The van der Waals surface area contributed by atoms with Gasteiger partial charge < -0.3 is 10.5 Å². The largest absolute Gasteiger partial charge is 0.496 e. The fraction of sp³-hybridized carbons (Fsp3) is 0.647. The summed E-state index contributed by atoms with van der Waals surface area (Å²) >= 11 is 0. The zero-order valence-corrected chi connectivity index (χ0v) is 13.2. The van der Waals surface area contributed by atoms with Crippen LogP contribution in [0.3, 0.4) is 0 Å². The first-order chi connectivity index (χ1) is 9.58. The van der Waals surface area contributed by atoms with Crippen LogP contribution < -0.4 is 10.5 Å². The van der Waals surface area contributed by atoms with Crippen molar-refractivity contribution in [3.8, 4) is 5.75 Å². The maximum Gasteiger partial charge on any atom is 0.123 e. The first-order valence-electron chi connectivity index (χ1n) is 7.70. The van der Waals surface area contributed by atoms with E-state index in [2.05, 4.69) is 43.9 Å². The summed E-state index contributed by atoms with van der Waals surface area (Å²) in [6, 6.07) is 7.84. The highest BCUT2D eigenvalue weighted by atomic mass is 16.5. The molecule has 3 atom stereocenters. The SMILES string of the molecule is COc1ccc(C)cc1C(C)N1C(C)CCCC1CN. The van der Waals surface area contributed by atoms with Crippen molar-refractivity contribution in [2.45, 2.75) is 58.2 Å². The van der Waals surface area contributed by atoms with Crippen LogP contribution in [0.4, 0.5) is 0 Å². The summed E-state index contributed by atoms with van der Waals surface area (Å²) in [7, 11) is 1.75. The Balaban J connectivity index is 2.33. The van der Waals surface area contributed by atoms with Crippen molar-refractivity contribution < 1.29 is 4.74 Å². The van der Waals surface area contributed by atoms with Crippen molar-refractivity contribution in [2.75, 3.05) is 13.7 Å². The number of likely N-dealkylation sites (tertiary alicyclic amines) is 1. The number of hydrogen-bond donors (Lipinski definition) is 1. The van der Waals surface area contributed by atoms with E-state index in [0.29, 0.717) is 18.1 Å². The van der Waals surface area contributed by atoms with Gasteiger partial charge >= 0.3 is 0 Å². The van der Waals surface area contributed by atoms with Gasteiger partial charge in [0.2, 0.25) is 0 Å². The Hall–Kier alpha value is -1.06. The van der Waals surface area contributed by atoms with Crippen LogP contribution in [0, 0.1) is 6.92 Å². The van der Waals surface area contributed by atoms with Crippen molar-refractivity contribution in [3.63, 3.8) is 0 Å². The van der Waals surface area contributed by atoms with E-state index < -0.39 is 0 Å². The molecule has 0 amide bonds. The zero-order valence-electron chi connectivity index (χ0n) is 13.2. The Morgan fingerprint density at radius 1 is 1.40 bits per heavy atom. The monoisotopic (exact) mass is 276 g/mol. The normalized spacial score (nSPS) is 25.4. The predicted molar refractivity (Wildman–Crippen MR) is 84.1 cm³/mol. The molecular formula is C17H28N2O. The van der Waals surface area contributed by atoms with E-state index in [1.54, 1.807) is 7.11 Å². The van der Waals surface area contributed by atoms with Crippen molar-refractivity contribution in [1.29, 1.82) is 0 Å². The van der Waals surface area contributed by atoms with E-state index in [0.717, 1.165) is 12.3 Å². The van der Waals surface area contributed by atoms with Gasteiger partial charge in [-0.1, -0.05) is 24.1 Å². The second kappa shape index (κ2) is 6.59. The Labute approximate surface area is 123 Å². The summed E-state index contributed by atoms with van der Waals surface area (Å²) in [6.07, 6.45) is 3.76. The van der Waals surface area contributed by atoms with Gasteiger partial charge in [-0.05, 0) is 39.7 Å². The summed E-state index contributed by atoms with van der Waals surface area (Å²) in [5, 5.41) is 0. The molecule has 1 fully saturated rings. The molecule has 1 aromatic carbocycles. The molecule has 0 aliphatic carbocycles. The minimum absolute atomic E-state index is 0.341. The lowest BCUT2D eigenvalue weighted by Gasteiger charge is -2.44. The molecule has 2 rings (SSSR count). The van der Waals surface area contributed by atoms with E-state index in [1.807, 2.05) is 0 Å². The third-order valence-electron chi connectivity index (χ3n) is 4.64. The topological polar surface area (TPSA) is 38.5 Å². The number of hydrogen-bond acceptors (Lipinski definition) is 3. The molecule has 0 bridgehead atoms. The fourth-order valence-electron chi connectivity index (χ4n) is 3.59. The summed E-state index contributed by atoms with van der Waals surface area (Å²) in [6.45, 7) is 7.47. The Morgan fingerprint density at radius 3 is 2.80 bits per heavy atom. The molecule has 0 spiro atoms. The van der Waals surface area contributed by atoms with Gasteiger partial charge in [0, 0.05) is 30.2 Å². The molecule has 0 aromatic heterocycles. The van der Waals surface area contributed by atoms with Crippen LogP contribution in [0.5, 0.6) is 5.75 Å². The Morgan fingerprint density at radius 2 is 2.15 bits per heavy atom. The summed E-state index contributed by atoms with van der Waals surface area (Å²) < 4.78 is 5.56. The van der Waals surface area contributed by atoms with Crippen LogP contribution in [-0.4, -0.2) is 30.6 Å². The number of ether oxygens (including phenoxy) is 1. The summed E-state index contributed by atoms with van der Waals surface area (Å²) in [4.78, 5) is 2.58. The highest BCUT2D eigenvalue weighted by Gasteiger charge is 2.32. The van der Waals surface area contributed by atoms with Gasteiger partial charge in [0.1, 0.15) is 5.75 Å². The molecule has 1 aromatic rings. The molecule has 1 heterocycles. The molecule has 3 unspecified atom stereocenters. The number of aryl methyl sites for hydroxylation is 1. The van der Waals surface area contributed by atoms with Crippen LogP contribution in [0.2, 0.25) is 0 Å². The predicted octanol–water partition coefficient (Wildman–Crippen LogP) is 3.27. The smallest absolute Gasteiger partial charge is 0.123 e. The number of piperidine rings is 1. The third kappa shape index (κ3) is 2.99. The minimum atomic E-state index is 0.341. The zero-order chi connectivity index (χ0) is 14.7. The van der Waals surface area contributed by atoms with Crippen molar-refractivity contribution in [2.24, 2.45) is 5.73 Å². The number of rotatable bonds is 4. The quantitative estimate of drug-likeness (QED) is 0.917. The molecule has 2 N–H and O–H groups in total. The van der Waals surface area contributed by atoms with Gasteiger partial charge in [0.05, 0.1) is 7.11 Å². The average molecular weight is 276 g/mol. The second-order valence-corrected chi connectivity index (χ2v) is 6.04. The number of methoxy groups -OCH3 is 1. The molecule has 1 aliphatic heterocycles. The molecule has 3 heteroatoms. The van der Waals surface area contributed by atoms with E-state index in [-0.39, 0.29) is 0 Å². The van der Waals surface area contributed by atoms with Gasteiger partial charge in [-0.2, -0.15) is 0 Å². The van der Waals surface area contributed by atoms with Crippen LogP contribution >= 0.6 is 0 Å². The van der Waals surface area contributed by atoms with Crippen LogP contribution in [0.1, 0.15) is 50.3 Å². The van der Waals surface area contributed by atoms with Gasteiger partial charge in [0.15, 0.2) is 0 Å². The van der Waals surface area contributed by atoms with Gasteiger partial charge in [-0.3, -0.25) is 4.90 Å². The van der Waals surface area contributed by atoms with Crippen LogP contribution in [-0.2, 0) is 0 Å². The molecule has 1 aliphatic rings. The Bertz CT molecular complexity index is 447. The van der Waals surface area contributed by atoms with Crippen molar-refractivity contribution in [3.05, 3.63) is 29.3 Å². The lowest BCUT2D eigenvalue weighted by Crippen LogP contribution is -2.49. The average Bonchev–Trinajstić information content (AvgIpc) is 2.46. The molecule has 0 radical (unpaired) electrons. The van der Waals surface area contributed by atoms with Crippen LogP contribution in [0.25, 0.3) is 0 Å². The van der Waals surface area contributed by atoms with Crippen LogP contribution in [0.15, 0.2) is 18.2 Å². The summed E-state index contributed by atoms with van der Waals surface area (Å²) in [5.74, 6) is 0.983. The molecule has 20 heavy (non-hydrogen) atoms. The maximum absolute atomic E-state index is 6.00. The van der Waals surface area contributed by atoms with E-state index >= 15 is 0 Å². The molecule has 3 nitrogen and oxygen atoms in total. The maximum atomic E-state index is 6.00. The van der Waals surface area contributed by atoms with Gasteiger partial charge in [-0.25, -0.2) is 0 Å². The lowest BCUT2D eigenvalue weighted by molar-refractivity contribution is 0.0560. The third-order valence-corrected chi connectivity index (χ3v) is 4.64. The molecular weight excluding hydrogens is 248 g/mol. The second-order valence-electron chi connectivity index (χ2n) is 6.04. The number of nitrogens with zero attached hydrogens (tertiary/aromatic N) is 1. The van der Waals surface area contributed by atoms with Crippen molar-refractivity contribution in [1.82, 2.24) is 4.90 Å². The molecule has 112 valence electrons. The van der Waals surface area contributed by atoms with E-state index in [1.165, 1.54) is 30.4 Å². The lowest BCUT2D eigenvalue weighted by atomic mass is 9.91.